The molecule has 2 aromatic carbocycles. The van der Waals surface area contributed by atoms with Gasteiger partial charge in [-0.25, -0.2) is 8.42 Å². The van der Waals surface area contributed by atoms with Crippen molar-refractivity contribution in [3.63, 3.8) is 0 Å². The lowest BCUT2D eigenvalue weighted by Gasteiger charge is -2.32. The Bertz CT molecular complexity index is 1030. The third-order valence-corrected chi connectivity index (χ3v) is 7.22. The molecule has 1 aliphatic rings. The number of sulfone groups is 1. The minimum absolute atomic E-state index is 0.0180. The van der Waals surface area contributed by atoms with Gasteiger partial charge in [0, 0.05) is 37.4 Å². The first-order chi connectivity index (χ1) is 14.8. The van der Waals surface area contributed by atoms with Crippen LogP contribution in [0.5, 0.6) is 0 Å². The molecule has 1 saturated heterocycles. The number of nitrogens with zero attached hydrogens (tertiary/aromatic N) is 1. The van der Waals surface area contributed by atoms with Gasteiger partial charge in [-0.1, -0.05) is 18.2 Å². The summed E-state index contributed by atoms with van der Waals surface area (Å²) in [6.07, 6.45) is 1.35. The summed E-state index contributed by atoms with van der Waals surface area (Å²) in [5.74, 6) is -0.323. The molecule has 7 nitrogen and oxygen atoms in total. The van der Waals surface area contributed by atoms with Gasteiger partial charge in [-0.15, -0.1) is 0 Å². The second-order valence-corrected chi connectivity index (χ2v) is 9.80. The number of nitrogens with one attached hydrogen (secondary N) is 1. The van der Waals surface area contributed by atoms with Crippen LogP contribution < -0.4 is 5.32 Å². The van der Waals surface area contributed by atoms with Crippen LogP contribution in [0.3, 0.4) is 0 Å². The molecule has 166 valence electrons. The van der Waals surface area contributed by atoms with Crippen LogP contribution in [0.15, 0.2) is 53.4 Å². The van der Waals surface area contributed by atoms with E-state index in [1.807, 2.05) is 31.2 Å². The topological polar surface area (TPSA) is 92.8 Å². The number of aryl methyl sites for hydroxylation is 1. The van der Waals surface area contributed by atoms with E-state index in [9.17, 15) is 18.0 Å². The van der Waals surface area contributed by atoms with E-state index >= 15 is 0 Å². The number of benzene rings is 2. The molecule has 1 aliphatic heterocycles. The van der Waals surface area contributed by atoms with Gasteiger partial charge in [-0.05, 0) is 55.7 Å². The number of hydrogen-bond donors (Lipinski definition) is 1. The van der Waals surface area contributed by atoms with Gasteiger partial charge in [0.15, 0.2) is 9.84 Å². The number of ether oxygens (including phenoxy) is 1. The summed E-state index contributed by atoms with van der Waals surface area (Å²) >= 11 is 0. The van der Waals surface area contributed by atoms with E-state index in [1.54, 1.807) is 17.0 Å². The summed E-state index contributed by atoms with van der Waals surface area (Å²) in [7, 11) is -1.97. The first-order valence-corrected chi connectivity index (χ1v) is 11.9. The van der Waals surface area contributed by atoms with Crippen molar-refractivity contribution in [1.29, 1.82) is 0 Å². The molecule has 0 radical (unpaired) electrons. The number of carbonyl (C=O) groups is 2. The third kappa shape index (κ3) is 5.71. The summed E-state index contributed by atoms with van der Waals surface area (Å²) in [5.41, 5.74) is 2.05. The molecule has 0 atom stereocenters. The Kier molecular flexibility index (Phi) is 7.46. The second-order valence-electron chi connectivity index (χ2n) is 7.69. The molecule has 31 heavy (non-hydrogen) atoms. The highest BCUT2D eigenvalue weighted by Gasteiger charge is 2.25. The number of methoxy groups -OCH3 is 1. The van der Waals surface area contributed by atoms with Crippen molar-refractivity contribution in [2.45, 2.75) is 30.7 Å². The van der Waals surface area contributed by atoms with Crippen molar-refractivity contribution < 1.29 is 22.7 Å². The van der Waals surface area contributed by atoms with E-state index in [0.29, 0.717) is 37.1 Å². The molecular weight excluding hydrogens is 416 g/mol. The highest BCUT2D eigenvalue weighted by atomic mass is 32.2. The molecule has 2 aromatic rings. The van der Waals surface area contributed by atoms with Crippen LogP contribution in [0, 0.1) is 6.92 Å². The monoisotopic (exact) mass is 444 g/mol. The van der Waals surface area contributed by atoms with Gasteiger partial charge in [-0.2, -0.15) is 0 Å². The normalized spacial score (nSPS) is 15.0. The van der Waals surface area contributed by atoms with Crippen molar-refractivity contribution in [3.8, 4) is 0 Å². The van der Waals surface area contributed by atoms with Crippen LogP contribution in [0.25, 0.3) is 0 Å². The highest BCUT2D eigenvalue weighted by molar-refractivity contribution is 7.91. The van der Waals surface area contributed by atoms with Crippen LogP contribution in [0.1, 0.15) is 39.1 Å². The number of rotatable bonds is 7. The molecule has 1 heterocycles. The van der Waals surface area contributed by atoms with Crippen LogP contribution >= 0.6 is 0 Å². The van der Waals surface area contributed by atoms with Crippen molar-refractivity contribution >= 4 is 21.7 Å². The van der Waals surface area contributed by atoms with E-state index in [1.165, 1.54) is 19.2 Å². The summed E-state index contributed by atoms with van der Waals surface area (Å²) < 4.78 is 29.3. The number of hydrogen-bond acceptors (Lipinski definition) is 5. The van der Waals surface area contributed by atoms with E-state index in [2.05, 4.69) is 5.32 Å². The summed E-state index contributed by atoms with van der Waals surface area (Å²) in [6, 6.07) is 13.5. The van der Waals surface area contributed by atoms with Crippen LogP contribution in [0.4, 0.5) is 0 Å². The maximum absolute atomic E-state index is 12.8. The van der Waals surface area contributed by atoms with Crippen LogP contribution in [0.2, 0.25) is 0 Å². The van der Waals surface area contributed by atoms with Gasteiger partial charge in [0.2, 0.25) is 0 Å². The van der Waals surface area contributed by atoms with E-state index in [-0.39, 0.29) is 35.1 Å². The third-order valence-electron chi connectivity index (χ3n) is 5.52. The lowest BCUT2D eigenvalue weighted by molar-refractivity contribution is 0.0698. The molecule has 1 fully saturated rings. The second kappa shape index (κ2) is 10.1. The molecule has 0 saturated carbocycles. The van der Waals surface area contributed by atoms with Gasteiger partial charge >= 0.3 is 0 Å². The van der Waals surface area contributed by atoms with Crippen molar-refractivity contribution in [2.24, 2.45) is 0 Å². The van der Waals surface area contributed by atoms with Crippen molar-refractivity contribution in [2.75, 3.05) is 32.6 Å². The molecular formula is C23H28N2O5S. The fourth-order valence-electron chi connectivity index (χ4n) is 3.62. The van der Waals surface area contributed by atoms with E-state index < -0.39 is 9.84 Å². The lowest BCUT2D eigenvalue weighted by atomic mass is 10.0. The number of amides is 2. The zero-order valence-electron chi connectivity index (χ0n) is 17.8. The quantitative estimate of drug-likeness (QED) is 0.708. The van der Waals surface area contributed by atoms with Gasteiger partial charge in [-0.3, -0.25) is 9.59 Å². The molecule has 0 aliphatic carbocycles. The Morgan fingerprint density at radius 1 is 1.06 bits per heavy atom. The summed E-state index contributed by atoms with van der Waals surface area (Å²) in [6.45, 7) is 3.10. The molecule has 0 spiro atoms. The number of carbonyl (C=O) groups excluding carboxylic acids is 2. The predicted octanol–water partition coefficient (Wildman–Crippen LogP) is 2.45. The van der Waals surface area contributed by atoms with Crippen LogP contribution in [-0.4, -0.2) is 63.7 Å². The molecule has 0 bridgehead atoms. The average Bonchev–Trinajstić information content (AvgIpc) is 2.78. The minimum Gasteiger partial charge on any atom is -0.384 e. The van der Waals surface area contributed by atoms with Gasteiger partial charge in [0.1, 0.15) is 0 Å². The molecule has 8 heteroatoms. The van der Waals surface area contributed by atoms with Gasteiger partial charge in [0.25, 0.3) is 11.8 Å². The van der Waals surface area contributed by atoms with Crippen LogP contribution in [-0.2, 0) is 14.6 Å². The summed E-state index contributed by atoms with van der Waals surface area (Å²) in [4.78, 5) is 27.2. The molecule has 3 rings (SSSR count). The maximum atomic E-state index is 12.8. The molecule has 0 aromatic heterocycles. The zero-order valence-corrected chi connectivity index (χ0v) is 18.7. The Morgan fingerprint density at radius 2 is 1.71 bits per heavy atom. The SMILES string of the molecule is COCCS(=O)(=O)c1ccc(C(=O)N2CCC(NC(=O)c3ccccc3C)CC2)cc1. The highest BCUT2D eigenvalue weighted by Crippen LogP contribution is 2.18. The molecule has 1 N–H and O–H groups in total. The Morgan fingerprint density at radius 3 is 2.32 bits per heavy atom. The fraction of sp³-hybridized carbons (Fsp3) is 0.391. The fourth-order valence-corrected chi connectivity index (χ4v) is 4.79. The average molecular weight is 445 g/mol. The van der Waals surface area contributed by atoms with E-state index in [4.69, 9.17) is 4.74 Å². The standard InChI is InChI=1S/C23H28N2O5S/c1-17-5-3-4-6-21(17)22(26)24-19-11-13-25(14-12-19)23(27)18-7-9-20(10-8-18)31(28,29)16-15-30-2/h3-10,19H,11-16H2,1-2H3,(H,24,26). The van der Waals surface area contributed by atoms with Gasteiger partial charge < -0.3 is 15.0 Å². The Labute approximate surface area is 183 Å². The molecule has 0 unspecified atom stereocenters. The largest absolute Gasteiger partial charge is 0.384 e. The lowest BCUT2D eigenvalue weighted by Crippen LogP contribution is -2.46. The van der Waals surface area contributed by atoms with Crippen molar-refractivity contribution in [3.05, 3.63) is 65.2 Å². The maximum Gasteiger partial charge on any atom is 0.253 e. The smallest absolute Gasteiger partial charge is 0.253 e. The van der Waals surface area contributed by atoms with Gasteiger partial charge in [0.05, 0.1) is 17.3 Å². The predicted molar refractivity (Wildman–Crippen MR) is 118 cm³/mol. The van der Waals surface area contributed by atoms with E-state index in [0.717, 1.165) is 5.56 Å². The first-order valence-electron chi connectivity index (χ1n) is 10.3. The number of piperidine rings is 1. The Hall–Kier alpha value is -2.71. The minimum atomic E-state index is -3.42. The zero-order chi connectivity index (χ0) is 22.4. The number of likely N-dealkylation sites (tertiary alicyclic amines) is 1. The van der Waals surface area contributed by atoms with Crippen molar-refractivity contribution in [1.82, 2.24) is 10.2 Å². The summed E-state index contributed by atoms with van der Waals surface area (Å²) in [5, 5.41) is 3.06. The molecule has 2 amide bonds. The first kappa shape index (κ1) is 23.0. The Balaban J connectivity index is 1.55.